The van der Waals surface area contributed by atoms with E-state index >= 15 is 0 Å². The largest absolute Gasteiger partial charge is 0.351 e. The second-order valence-electron chi connectivity index (χ2n) is 7.56. The van der Waals surface area contributed by atoms with Gasteiger partial charge in [0.1, 0.15) is 5.69 Å². The molecule has 3 rings (SSSR count). The van der Waals surface area contributed by atoms with E-state index in [9.17, 15) is 4.79 Å². The summed E-state index contributed by atoms with van der Waals surface area (Å²) in [7, 11) is 0. The highest BCUT2D eigenvalue weighted by Gasteiger charge is 2.21. The number of fused-ring (bicyclic) bond motifs is 1. The Balaban J connectivity index is 1.60. The van der Waals surface area contributed by atoms with E-state index in [4.69, 9.17) is 0 Å². The molecule has 4 heteroatoms. The molecule has 1 fully saturated rings. The van der Waals surface area contributed by atoms with Crippen LogP contribution in [0.5, 0.6) is 0 Å². The lowest BCUT2D eigenvalue weighted by molar-refractivity contribution is 0.0910. The Labute approximate surface area is 150 Å². The van der Waals surface area contributed by atoms with Crippen LogP contribution < -0.4 is 5.32 Å². The van der Waals surface area contributed by atoms with Crippen LogP contribution in [0.3, 0.4) is 0 Å². The molecule has 0 radical (unpaired) electrons. The second-order valence-corrected chi connectivity index (χ2v) is 7.56. The van der Waals surface area contributed by atoms with E-state index in [0.29, 0.717) is 5.69 Å². The number of benzene rings is 1. The smallest absolute Gasteiger partial charge is 0.267 e. The molecule has 4 nitrogen and oxygen atoms in total. The zero-order chi connectivity index (χ0) is 18.0. The van der Waals surface area contributed by atoms with E-state index in [1.165, 1.54) is 16.7 Å². The molecule has 1 amide bonds. The van der Waals surface area contributed by atoms with Crippen LogP contribution in [-0.4, -0.2) is 41.5 Å². The lowest BCUT2D eigenvalue weighted by Crippen LogP contribution is -2.44. The number of hydrogen-bond donors (Lipinski definition) is 2. The Morgan fingerprint density at radius 1 is 1.24 bits per heavy atom. The molecule has 0 atom stereocenters. The summed E-state index contributed by atoms with van der Waals surface area (Å²) in [6, 6.07) is 6.49. The maximum atomic E-state index is 12.6. The fraction of sp³-hybridized carbons (Fsp3) is 0.476. The summed E-state index contributed by atoms with van der Waals surface area (Å²) in [5, 5.41) is 4.34. The Morgan fingerprint density at radius 2 is 1.96 bits per heavy atom. The van der Waals surface area contributed by atoms with Crippen LogP contribution >= 0.6 is 0 Å². The summed E-state index contributed by atoms with van der Waals surface area (Å²) in [4.78, 5) is 18.3. The van der Waals surface area contributed by atoms with E-state index in [1.54, 1.807) is 0 Å². The van der Waals surface area contributed by atoms with Gasteiger partial charge >= 0.3 is 0 Å². The molecule has 0 spiro atoms. The van der Waals surface area contributed by atoms with E-state index in [1.807, 2.05) is 6.07 Å². The minimum atomic E-state index is 0.0102. The number of likely N-dealkylation sites (tertiary alicyclic amines) is 1. The second kappa shape index (κ2) is 7.44. The van der Waals surface area contributed by atoms with Crippen molar-refractivity contribution in [2.24, 2.45) is 0 Å². The molecule has 0 bridgehead atoms. The Morgan fingerprint density at radius 3 is 2.64 bits per heavy atom. The van der Waals surface area contributed by atoms with Gasteiger partial charge in [-0.1, -0.05) is 17.7 Å². The van der Waals surface area contributed by atoms with Crippen molar-refractivity contribution >= 4 is 16.8 Å². The first-order valence-electron chi connectivity index (χ1n) is 9.19. The van der Waals surface area contributed by atoms with Crippen molar-refractivity contribution in [3.63, 3.8) is 0 Å². The molecule has 1 aromatic carbocycles. The third-order valence-corrected chi connectivity index (χ3v) is 5.01. The van der Waals surface area contributed by atoms with Gasteiger partial charge in [-0.15, -0.1) is 0 Å². The molecule has 0 saturated carbocycles. The summed E-state index contributed by atoms with van der Waals surface area (Å²) >= 11 is 0. The van der Waals surface area contributed by atoms with Gasteiger partial charge in [-0.3, -0.25) is 9.69 Å². The van der Waals surface area contributed by atoms with Crippen LogP contribution in [0.15, 0.2) is 29.8 Å². The van der Waals surface area contributed by atoms with Gasteiger partial charge in [0, 0.05) is 36.6 Å². The SMILES string of the molecule is CC(C)=CCN1CCC(NC(=O)c2cc3c(C)cc(C)cc3[nH]2)CC1. The average Bonchev–Trinajstić information content (AvgIpc) is 2.98. The topological polar surface area (TPSA) is 48.1 Å². The van der Waals surface area contributed by atoms with Crippen LogP contribution in [0, 0.1) is 13.8 Å². The molecule has 1 aromatic heterocycles. The molecule has 2 heterocycles. The summed E-state index contributed by atoms with van der Waals surface area (Å²) in [5.74, 6) is 0.0102. The van der Waals surface area contributed by atoms with Gasteiger partial charge in [0.05, 0.1) is 0 Å². The maximum Gasteiger partial charge on any atom is 0.267 e. The average molecular weight is 339 g/mol. The molecular formula is C21H29N3O. The monoisotopic (exact) mass is 339 g/mol. The summed E-state index contributed by atoms with van der Waals surface area (Å²) in [5.41, 5.74) is 5.48. The number of carbonyl (C=O) groups is 1. The van der Waals surface area contributed by atoms with Crippen molar-refractivity contribution in [3.8, 4) is 0 Å². The maximum absolute atomic E-state index is 12.6. The molecule has 2 aromatic rings. The highest BCUT2D eigenvalue weighted by molar-refractivity contribution is 5.99. The normalized spacial score (nSPS) is 16.2. The van der Waals surface area contributed by atoms with Crippen molar-refractivity contribution in [3.05, 3.63) is 46.7 Å². The first kappa shape index (κ1) is 17.7. The number of nitrogens with zero attached hydrogens (tertiary/aromatic N) is 1. The van der Waals surface area contributed by atoms with E-state index in [2.05, 4.69) is 61.1 Å². The van der Waals surface area contributed by atoms with Gasteiger partial charge in [-0.05, 0) is 63.8 Å². The molecule has 1 saturated heterocycles. The first-order chi connectivity index (χ1) is 11.9. The number of carbonyl (C=O) groups excluding carboxylic acids is 1. The van der Waals surface area contributed by atoms with Crippen molar-refractivity contribution in [2.75, 3.05) is 19.6 Å². The summed E-state index contributed by atoms with van der Waals surface area (Å²) < 4.78 is 0. The van der Waals surface area contributed by atoms with Gasteiger partial charge in [0.25, 0.3) is 5.91 Å². The number of allylic oxidation sites excluding steroid dienone is 1. The quantitative estimate of drug-likeness (QED) is 0.829. The van der Waals surface area contributed by atoms with Crippen LogP contribution in [0.2, 0.25) is 0 Å². The number of aromatic nitrogens is 1. The van der Waals surface area contributed by atoms with Crippen LogP contribution in [0.25, 0.3) is 10.9 Å². The molecule has 0 unspecified atom stereocenters. The number of aromatic amines is 1. The zero-order valence-corrected chi connectivity index (χ0v) is 15.8. The van der Waals surface area contributed by atoms with Crippen molar-refractivity contribution in [1.29, 1.82) is 0 Å². The van der Waals surface area contributed by atoms with Crippen molar-refractivity contribution in [2.45, 2.75) is 46.6 Å². The molecule has 1 aliphatic rings. The summed E-state index contributed by atoms with van der Waals surface area (Å²) in [6.07, 6.45) is 4.30. The Hall–Kier alpha value is -2.07. The Kier molecular flexibility index (Phi) is 5.28. The van der Waals surface area contributed by atoms with Crippen molar-refractivity contribution < 1.29 is 4.79 Å². The van der Waals surface area contributed by atoms with Gasteiger partial charge in [0.2, 0.25) is 0 Å². The van der Waals surface area contributed by atoms with Crippen molar-refractivity contribution in [1.82, 2.24) is 15.2 Å². The minimum Gasteiger partial charge on any atom is -0.351 e. The van der Waals surface area contributed by atoms with Gasteiger partial charge in [0.15, 0.2) is 0 Å². The molecule has 0 aliphatic carbocycles. The van der Waals surface area contributed by atoms with Gasteiger partial charge < -0.3 is 10.3 Å². The number of hydrogen-bond acceptors (Lipinski definition) is 2. The number of amides is 1. The van der Waals surface area contributed by atoms with E-state index in [0.717, 1.165) is 43.4 Å². The van der Waals surface area contributed by atoms with Crippen LogP contribution in [-0.2, 0) is 0 Å². The number of rotatable bonds is 4. The lowest BCUT2D eigenvalue weighted by Gasteiger charge is -2.31. The van der Waals surface area contributed by atoms with Gasteiger partial charge in [-0.25, -0.2) is 0 Å². The molecule has 134 valence electrons. The fourth-order valence-corrected chi connectivity index (χ4v) is 3.56. The van der Waals surface area contributed by atoms with Crippen LogP contribution in [0.1, 0.15) is 48.3 Å². The molecule has 2 N–H and O–H groups in total. The zero-order valence-electron chi connectivity index (χ0n) is 15.8. The Bertz CT molecular complexity index is 791. The number of aryl methyl sites for hydroxylation is 2. The van der Waals surface area contributed by atoms with E-state index < -0.39 is 0 Å². The highest BCUT2D eigenvalue weighted by Crippen LogP contribution is 2.22. The predicted octanol–water partition coefficient (Wildman–Crippen LogP) is 3.95. The molecule has 1 aliphatic heterocycles. The number of nitrogens with one attached hydrogen (secondary N) is 2. The van der Waals surface area contributed by atoms with E-state index in [-0.39, 0.29) is 11.9 Å². The first-order valence-corrected chi connectivity index (χ1v) is 9.19. The standard InChI is InChI=1S/C21H29N3O/c1-14(2)5-8-24-9-6-17(7-10-24)22-21(25)20-13-18-16(4)11-15(3)12-19(18)23-20/h5,11-13,17,23H,6-10H2,1-4H3,(H,22,25). The number of H-pyrrole nitrogens is 1. The van der Waals surface area contributed by atoms with Gasteiger partial charge in [-0.2, -0.15) is 0 Å². The molecule has 25 heavy (non-hydrogen) atoms. The highest BCUT2D eigenvalue weighted by atomic mass is 16.1. The third kappa shape index (κ3) is 4.31. The fourth-order valence-electron chi connectivity index (χ4n) is 3.56. The molecular weight excluding hydrogens is 310 g/mol. The minimum absolute atomic E-state index is 0.0102. The predicted molar refractivity (Wildman–Crippen MR) is 104 cm³/mol. The third-order valence-electron chi connectivity index (χ3n) is 5.01. The van der Waals surface area contributed by atoms with Crippen LogP contribution in [0.4, 0.5) is 0 Å². The lowest BCUT2D eigenvalue weighted by atomic mass is 10.0. The number of piperidine rings is 1. The summed E-state index contributed by atoms with van der Waals surface area (Å²) in [6.45, 7) is 11.5.